The normalized spacial score (nSPS) is 11.2. The molecule has 168 valence electrons. The van der Waals surface area contributed by atoms with E-state index in [1.165, 1.54) is 0 Å². The zero-order valence-corrected chi connectivity index (χ0v) is 18.7. The molecule has 2 aromatic heterocycles. The fraction of sp³-hybridized carbons (Fsp3) is 0.0741. The predicted molar refractivity (Wildman–Crippen MR) is 134 cm³/mol. The number of hydrogen-bond donors (Lipinski definition) is 2. The van der Waals surface area contributed by atoms with E-state index in [0.717, 1.165) is 44.4 Å². The van der Waals surface area contributed by atoms with E-state index < -0.39 is 5.91 Å². The van der Waals surface area contributed by atoms with E-state index in [-0.39, 0.29) is 5.69 Å². The Kier molecular flexibility index (Phi) is 5.66. The summed E-state index contributed by atoms with van der Waals surface area (Å²) < 4.78 is 10.4. The molecule has 0 aliphatic heterocycles. The Balaban J connectivity index is 1.52. The molecular formula is C27H22N4O3. The highest BCUT2D eigenvalue weighted by Crippen LogP contribution is 2.33. The third-order valence-electron chi connectivity index (χ3n) is 5.59. The van der Waals surface area contributed by atoms with Crippen LogP contribution in [-0.2, 0) is 0 Å². The summed E-state index contributed by atoms with van der Waals surface area (Å²) in [5.41, 5.74) is 7.08. The SMILES string of the molecule is COc1ccc(/C=N/NC(=O)c2cc3c([nH]c4ccccc43)c(-c3ccc(OC)cc3)n2)cc1. The molecule has 3 aromatic carbocycles. The summed E-state index contributed by atoms with van der Waals surface area (Å²) in [4.78, 5) is 21.1. The van der Waals surface area contributed by atoms with Gasteiger partial charge in [-0.15, -0.1) is 0 Å². The summed E-state index contributed by atoms with van der Waals surface area (Å²) in [6.07, 6.45) is 1.58. The Bertz CT molecular complexity index is 1500. The first-order valence-electron chi connectivity index (χ1n) is 10.7. The van der Waals surface area contributed by atoms with Crippen LogP contribution >= 0.6 is 0 Å². The van der Waals surface area contributed by atoms with Gasteiger partial charge in [-0.3, -0.25) is 4.79 Å². The molecule has 0 aliphatic carbocycles. The smallest absolute Gasteiger partial charge is 0.289 e. The number of para-hydroxylation sites is 1. The van der Waals surface area contributed by atoms with E-state index in [1.54, 1.807) is 26.5 Å². The zero-order chi connectivity index (χ0) is 23.5. The number of aromatic amines is 1. The quantitative estimate of drug-likeness (QED) is 0.276. The average molecular weight is 450 g/mol. The number of fused-ring (bicyclic) bond motifs is 3. The van der Waals surface area contributed by atoms with Crippen LogP contribution < -0.4 is 14.9 Å². The van der Waals surface area contributed by atoms with Crippen LogP contribution in [0.2, 0.25) is 0 Å². The second-order valence-electron chi connectivity index (χ2n) is 7.65. The maximum absolute atomic E-state index is 13.0. The number of ether oxygens (including phenoxy) is 2. The van der Waals surface area contributed by atoms with Crippen molar-refractivity contribution in [3.63, 3.8) is 0 Å². The lowest BCUT2D eigenvalue weighted by molar-refractivity contribution is 0.0950. The molecule has 0 atom stereocenters. The van der Waals surface area contributed by atoms with Crippen molar-refractivity contribution in [2.24, 2.45) is 5.10 Å². The van der Waals surface area contributed by atoms with E-state index >= 15 is 0 Å². The molecule has 7 heteroatoms. The number of rotatable bonds is 6. The molecule has 34 heavy (non-hydrogen) atoms. The number of pyridine rings is 1. The minimum Gasteiger partial charge on any atom is -0.497 e. The van der Waals surface area contributed by atoms with Crippen molar-refractivity contribution < 1.29 is 14.3 Å². The van der Waals surface area contributed by atoms with Crippen molar-refractivity contribution in [3.05, 3.63) is 90.1 Å². The summed E-state index contributed by atoms with van der Waals surface area (Å²) in [7, 11) is 3.24. The predicted octanol–water partition coefficient (Wildman–Crippen LogP) is 5.16. The number of nitrogens with zero attached hydrogens (tertiary/aromatic N) is 2. The first-order valence-corrected chi connectivity index (χ1v) is 10.7. The van der Waals surface area contributed by atoms with Crippen molar-refractivity contribution in [2.75, 3.05) is 14.2 Å². The number of amides is 1. The Hall–Kier alpha value is -4.65. The summed E-state index contributed by atoms with van der Waals surface area (Å²) in [6, 6.07) is 24.7. The molecule has 2 N–H and O–H groups in total. The Labute approximate surface area is 196 Å². The maximum Gasteiger partial charge on any atom is 0.289 e. The second-order valence-corrected chi connectivity index (χ2v) is 7.65. The average Bonchev–Trinajstić information content (AvgIpc) is 3.27. The highest BCUT2D eigenvalue weighted by atomic mass is 16.5. The van der Waals surface area contributed by atoms with E-state index in [4.69, 9.17) is 14.5 Å². The third-order valence-corrected chi connectivity index (χ3v) is 5.59. The highest BCUT2D eigenvalue weighted by molar-refractivity contribution is 6.13. The van der Waals surface area contributed by atoms with Gasteiger partial charge in [0.15, 0.2) is 0 Å². The van der Waals surface area contributed by atoms with Gasteiger partial charge < -0.3 is 14.5 Å². The number of aromatic nitrogens is 2. The van der Waals surface area contributed by atoms with Crippen molar-refractivity contribution >= 4 is 33.9 Å². The summed E-state index contributed by atoms with van der Waals surface area (Å²) >= 11 is 0. The van der Waals surface area contributed by atoms with Gasteiger partial charge in [0.25, 0.3) is 5.91 Å². The van der Waals surface area contributed by atoms with E-state index in [2.05, 4.69) is 15.5 Å². The molecule has 2 heterocycles. The van der Waals surface area contributed by atoms with Crippen LogP contribution in [0.1, 0.15) is 16.1 Å². The lowest BCUT2D eigenvalue weighted by Crippen LogP contribution is -2.19. The van der Waals surface area contributed by atoms with Crippen molar-refractivity contribution in [3.8, 4) is 22.8 Å². The molecule has 5 rings (SSSR count). The summed E-state index contributed by atoms with van der Waals surface area (Å²) in [5, 5.41) is 6.04. The lowest BCUT2D eigenvalue weighted by atomic mass is 10.1. The van der Waals surface area contributed by atoms with Crippen LogP contribution in [0.4, 0.5) is 0 Å². The van der Waals surface area contributed by atoms with Gasteiger partial charge >= 0.3 is 0 Å². The van der Waals surface area contributed by atoms with E-state index in [9.17, 15) is 4.79 Å². The molecule has 0 spiro atoms. The van der Waals surface area contributed by atoms with Crippen LogP contribution in [0.3, 0.4) is 0 Å². The first-order chi connectivity index (χ1) is 16.7. The molecule has 0 saturated heterocycles. The van der Waals surface area contributed by atoms with Gasteiger partial charge in [-0.25, -0.2) is 10.4 Å². The monoisotopic (exact) mass is 450 g/mol. The number of H-pyrrole nitrogens is 1. The molecule has 0 saturated carbocycles. The minimum absolute atomic E-state index is 0.273. The molecule has 0 unspecified atom stereocenters. The van der Waals surface area contributed by atoms with Gasteiger partial charge in [0, 0.05) is 21.9 Å². The number of carbonyl (C=O) groups excluding carboxylic acids is 1. The molecule has 0 aliphatic rings. The van der Waals surface area contributed by atoms with Crippen LogP contribution in [0.15, 0.2) is 84.0 Å². The number of carbonyl (C=O) groups is 1. The molecule has 0 radical (unpaired) electrons. The fourth-order valence-corrected chi connectivity index (χ4v) is 3.83. The molecule has 0 bridgehead atoms. The zero-order valence-electron chi connectivity index (χ0n) is 18.7. The van der Waals surface area contributed by atoms with Crippen molar-refractivity contribution in [1.82, 2.24) is 15.4 Å². The Morgan fingerprint density at radius 3 is 2.29 bits per heavy atom. The number of benzene rings is 3. The van der Waals surface area contributed by atoms with Gasteiger partial charge in [0.2, 0.25) is 0 Å². The second kappa shape index (κ2) is 9.07. The van der Waals surface area contributed by atoms with Crippen molar-refractivity contribution in [1.29, 1.82) is 0 Å². The van der Waals surface area contributed by atoms with Gasteiger partial charge in [-0.1, -0.05) is 18.2 Å². The van der Waals surface area contributed by atoms with Crippen LogP contribution in [-0.4, -0.2) is 36.3 Å². The topological polar surface area (TPSA) is 88.6 Å². The standard InChI is InChI=1S/C27H22N4O3/c1-33-19-11-7-17(8-12-19)16-28-31-27(32)24-15-22-21-5-3-4-6-23(21)29-26(22)25(30-24)18-9-13-20(34-2)14-10-18/h3-16,29H,1-2H3,(H,31,32)/b28-16+. The van der Waals surface area contributed by atoms with Gasteiger partial charge in [0.1, 0.15) is 17.2 Å². The number of methoxy groups -OCH3 is 2. The van der Waals surface area contributed by atoms with Gasteiger partial charge in [0.05, 0.1) is 31.6 Å². The first kappa shape index (κ1) is 21.2. The fourth-order valence-electron chi connectivity index (χ4n) is 3.83. The Morgan fingerprint density at radius 1 is 0.912 bits per heavy atom. The number of hydrogen-bond acceptors (Lipinski definition) is 5. The van der Waals surface area contributed by atoms with Crippen LogP contribution in [0, 0.1) is 0 Å². The summed E-state index contributed by atoms with van der Waals surface area (Å²) in [6.45, 7) is 0. The van der Waals surface area contributed by atoms with E-state index in [0.29, 0.717) is 5.69 Å². The lowest BCUT2D eigenvalue weighted by Gasteiger charge is -2.08. The molecule has 7 nitrogen and oxygen atoms in total. The number of hydrazone groups is 1. The molecule has 0 fully saturated rings. The molecule has 1 amide bonds. The van der Waals surface area contributed by atoms with Gasteiger partial charge in [-0.2, -0.15) is 5.10 Å². The summed E-state index contributed by atoms with van der Waals surface area (Å²) in [5.74, 6) is 1.11. The van der Waals surface area contributed by atoms with E-state index in [1.807, 2.05) is 72.8 Å². The minimum atomic E-state index is -0.397. The number of nitrogens with one attached hydrogen (secondary N) is 2. The van der Waals surface area contributed by atoms with Gasteiger partial charge in [-0.05, 0) is 66.2 Å². The Morgan fingerprint density at radius 2 is 1.59 bits per heavy atom. The van der Waals surface area contributed by atoms with Crippen LogP contribution in [0.5, 0.6) is 11.5 Å². The molecular weight excluding hydrogens is 428 g/mol. The third kappa shape index (κ3) is 4.06. The van der Waals surface area contributed by atoms with Crippen LogP contribution in [0.25, 0.3) is 33.1 Å². The van der Waals surface area contributed by atoms with Crippen molar-refractivity contribution in [2.45, 2.75) is 0 Å². The molecule has 5 aromatic rings. The largest absolute Gasteiger partial charge is 0.497 e. The maximum atomic E-state index is 13.0. The highest BCUT2D eigenvalue weighted by Gasteiger charge is 2.17.